The predicted octanol–water partition coefficient (Wildman–Crippen LogP) is 3.54. The fourth-order valence-corrected chi connectivity index (χ4v) is 1.87. The Balaban J connectivity index is 1.79. The van der Waals surface area contributed by atoms with Crippen LogP contribution < -0.4 is 10.1 Å². The van der Waals surface area contributed by atoms with E-state index in [1.807, 2.05) is 12.1 Å². The average molecular weight is 356 g/mol. The zero-order valence-electron chi connectivity index (χ0n) is 10.9. The monoisotopic (exact) mass is 355 g/mol. The third-order valence-corrected chi connectivity index (χ3v) is 3.18. The molecule has 0 radical (unpaired) electrons. The summed E-state index contributed by atoms with van der Waals surface area (Å²) in [6, 6.07) is 10.3. The molecule has 0 spiro atoms. The van der Waals surface area contributed by atoms with Gasteiger partial charge in [-0.2, -0.15) is 0 Å². The third-order valence-electron chi connectivity index (χ3n) is 2.65. The number of rotatable bonds is 5. The normalized spacial score (nSPS) is 10.2. The smallest absolute Gasteiger partial charge is 0.251 e. The summed E-state index contributed by atoms with van der Waals surface area (Å²) < 4.78 is 32.1. The average Bonchev–Trinajstić information content (AvgIpc) is 2.48. The van der Waals surface area contributed by atoms with Crippen LogP contribution >= 0.6 is 15.9 Å². The minimum absolute atomic E-state index is 0.0672. The van der Waals surface area contributed by atoms with Gasteiger partial charge >= 0.3 is 0 Å². The molecule has 0 heterocycles. The number of nitrogens with one attached hydrogen (secondary N) is 1. The lowest BCUT2D eigenvalue weighted by atomic mass is 10.2. The maximum atomic E-state index is 13.0. The molecule has 2 aromatic carbocycles. The molecule has 110 valence electrons. The van der Waals surface area contributed by atoms with E-state index in [0.29, 0.717) is 5.75 Å². The summed E-state index contributed by atoms with van der Waals surface area (Å²) in [6.45, 7) is 0.533. The molecule has 1 amide bonds. The number of hydrogen-bond donors (Lipinski definition) is 1. The molecule has 21 heavy (non-hydrogen) atoms. The Hall–Kier alpha value is -1.95. The number of benzene rings is 2. The SMILES string of the molecule is O=C(NCCOc1ccc(Br)cc1)c1ccc(F)c(F)c1. The van der Waals surface area contributed by atoms with Gasteiger partial charge in [0.1, 0.15) is 12.4 Å². The quantitative estimate of drug-likeness (QED) is 0.833. The zero-order valence-corrected chi connectivity index (χ0v) is 12.5. The topological polar surface area (TPSA) is 38.3 Å². The van der Waals surface area contributed by atoms with Crippen molar-refractivity contribution >= 4 is 21.8 Å². The number of halogens is 3. The van der Waals surface area contributed by atoms with Gasteiger partial charge in [-0.15, -0.1) is 0 Å². The Labute approximate surface area is 129 Å². The Morgan fingerprint density at radius 1 is 1.10 bits per heavy atom. The van der Waals surface area contributed by atoms with Crippen LogP contribution in [0.15, 0.2) is 46.9 Å². The van der Waals surface area contributed by atoms with Gasteiger partial charge in [-0.1, -0.05) is 15.9 Å². The number of hydrogen-bond acceptors (Lipinski definition) is 2. The Morgan fingerprint density at radius 3 is 2.48 bits per heavy atom. The number of amides is 1. The molecule has 2 rings (SSSR count). The minimum atomic E-state index is -1.05. The molecular weight excluding hydrogens is 344 g/mol. The maximum Gasteiger partial charge on any atom is 0.251 e. The molecule has 0 unspecified atom stereocenters. The van der Waals surface area contributed by atoms with Gasteiger partial charge in [0.05, 0.1) is 6.54 Å². The summed E-state index contributed by atoms with van der Waals surface area (Å²) in [5, 5.41) is 2.56. The van der Waals surface area contributed by atoms with E-state index in [-0.39, 0.29) is 18.7 Å². The summed E-state index contributed by atoms with van der Waals surface area (Å²) in [7, 11) is 0. The molecular formula is C15H12BrF2NO2. The van der Waals surface area contributed by atoms with Gasteiger partial charge in [-0.05, 0) is 42.5 Å². The summed E-state index contributed by atoms with van der Waals surface area (Å²) in [4.78, 5) is 11.7. The van der Waals surface area contributed by atoms with Crippen molar-refractivity contribution in [3.05, 3.63) is 64.1 Å². The molecule has 0 atom stereocenters. The van der Waals surface area contributed by atoms with Gasteiger partial charge in [0, 0.05) is 10.0 Å². The first-order valence-electron chi connectivity index (χ1n) is 6.18. The standard InChI is InChI=1S/C15H12BrF2NO2/c16-11-2-4-12(5-3-11)21-8-7-19-15(20)10-1-6-13(17)14(18)9-10/h1-6,9H,7-8H2,(H,19,20). The first-order valence-corrected chi connectivity index (χ1v) is 6.97. The molecule has 2 aromatic rings. The van der Waals surface area contributed by atoms with Gasteiger partial charge in [-0.25, -0.2) is 8.78 Å². The molecule has 0 aromatic heterocycles. The van der Waals surface area contributed by atoms with Crippen LogP contribution in [0.25, 0.3) is 0 Å². The fourth-order valence-electron chi connectivity index (χ4n) is 1.60. The van der Waals surface area contributed by atoms with E-state index in [1.54, 1.807) is 12.1 Å². The van der Waals surface area contributed by atoms with Crippen molar-refractivity contribution < 1.29 is 18.3 Å². The van der Waals surface area contributed by atoms with Crippen LogP contribution in [-0.4, -0.2) is 19.1 Å². The van der Waals surface area contributed by atoms with Crippen LogP contribution in [0.4, 0.5) is 8.78 Å². The van der Waals surface area contributed by atoms with E-state index in [2.05, 4.69) is 21.2 Å². The fraction of sp³-hybridized carbons (Fsp3) is 0.133. The van der Waals surface area contributed by atoms with Crippen molar-refractivity contribution in [2.24, 2.45) is 0 Å². The zero-order chi connectivity index (χ0) is 15.2. The molecule has 0 fully saturated rings. The van der Waals surface area contributed by atoms with Crippen molar-refractivity contribution in [2.75, 3.05) is 13.2 Å². The van der Waals surface area contributed by atoms with Crippen LogP contribution in [0.5, 0.6) is 5.75 Å². The second kappa shape index (κ2) is 7.17. The van der Waals surface area contributed by atoms with Gasteiger partial charge < -0.3 is 10.1 Å². The molecule has 3 nitrogen and oxygen atoms in total. The molecule has 0 saturated carbocycles. The van der Waals surface area contributed by atoms with Gasteiger partial charge in [0.15, 0.2) is 11.6 Å². The highest BCUT2D eigenvalue weighted by atomic mass is 79.9. The molecule has 0 aliphatic carbocycles. The van der Waals surface area contributed by atoms with E-state index in [0.717, 1.165) is 16.6 Å². The molecule has 1 N–H and O–H groups in total. The maximum absolute atomic E-state index is 13.0. The van der Waals surface area contributed by atoms with Crippen LogP contribution in [-0.2, 0) is 0 Å². The summed E-state index contributed by atoms with van der Waals surface area (Å²) in [6.07, 6.45) is 0. The van der Waals surface area contributed by atoms with Gasteiger partial charge in [-0.3, -0.25) is 4.79 Å². The van der Waals surface area contributed by atoms with E-state index >= 15 is 0 Å². The van der Waals surface area contributed by atoms with Gasteiger partial charge in [0.25, 0.3) is 5.91 Å². The summed E-state index contributed by atoms with van der Waals surface area (Å²) in [5.41, 5.74) is 0.0672. The van der Waals surface area contributed by atoms with Crippen LogP contribution in [0.3, 0.4) is 0 Å². The van der Waals surface area contributed by atoms with Gasteiger partial charge in [0.2, 0.25) is 0 Å². The second-order valence-corrected chi connectivity index (χ2v) is 5.10. The third kappa shape index (κ3) is 4.53. The largest absolute Gasteiger partial charge is 0.492 e. The highest BCUT2D eigenvalue weighted by molar-refractivity contribution is 9.10. The lowest BCUT2D eigenvalue weighted by Crippen LogP contribution is -2.28. The van der Waals surface area contributed by atoms with E-state index < -0.39 is 17.5 Å². The van der Waals surface area contributed by atoms with E-state index in [9.17, 15) is 13.6 Å². The van der Waals surface area contributed by atoms with Crippen molar-refractivity contribution in [2.45, 2.75) is 0 Å². The number of carbonyl (C=O) groups excluding carboxylic acids is 1. The first kappa shape index (κ1) is 15.4. The summed E-state index contributed by atoms with van der Waals surface area (Å²) >= 11 is 3.31. The lowest BCUT2D eigenvalue weighted by Gasteiger charge is -2.08. The highest BCUT2D eigenvalue weighted by Crippen LogP contribution is 2.15. The Bertz CT molecular complexity index is 632. The molecule has 0 aliphatic rings. The minimum Gasteiger partial charge on any atom is -0.492 e. The summed E-state index contributed by atoms with van der Waals surface area (Å²) in [5.74, 6) is -1.83. The van der Waals surface area contributed by atoms with Crippen molar-refractivity contribution in [3.8, 4) is 5.75 Å². The molecule has 0 aliphatic heterocycles. The van der Waals surface area contributed by atoms with Crippen LogP contribution in [0.1, 0.15) is 10.4 Å². The first-order chi connectivity index (χ1) is 10.1. The molecule has 0 bridgehead atoms. The number of carbonyl (C=O) groups is 1. The number of ether oxygens (including phenoxy) is 1. The van der Waals surface area contributed by atoms with Crippen LogP contribution in [0.2, 0.25) is 0 Å². The molecule has 6 heteroatoms. The van der Waals surface area contributed by atoms with Crippen molar-refractivity contribution in [3.63, 3.8) is 0 Å². The van der Waals surface area contributed by atoms with Crippen LogP contribution in [0, 0.1) is 11.6 Å². The highest BCUT2D eigenvalue weighted by Gasteiger charge is 2.09. The predicted molar refractivity (Wildman–Crippen MR) is 78.3 cm³/mol. The van der Waals surface area contributed by atoms with E-state index in [1.165, 1.54) is 6.07 Å². The Kier molecular flexibility index (Phi) is 5.27. The molecule has 0 saturated heterocycles. The van der Waals surface area contributed by atoms with E-state index in [4.69, 9.17) is 4.74 Å². The van der Waals surface area contributed by atoms with Crippen molar-refractivity contribution in [1.29, 1.82) is 0 Å². The lowest BCUT2D eigenvalue weighted by molar-refractivity contribution is 0.0946. The second-order valence-electron chi connectivity index (χ2n) is 4.19. The Morgan fingerprint density at radius 2 is 1.81 bits per heavy atom. The van der Waals surface area contributed by atoms with Crippen molar-refractivity contribution in [1.82, 2.24) is 5.32 Å².